The van der Waals surface area contributed by atoms with Crippen molar-refractivity contribution in [2.45, 2.75) is 24.5 Å². The van der Waals surface area contributed by atoms with Crippen molar-refractivity contribution in [3.8, 4) is 0 Å². The van der Waals surface area contributed by atoms with Gasteiger partial charge in [-0.15, -0.1) is 0 Å². The fraction of sp³-hybridized carbons (Fsp3) is 0.500. The topological polar surface area (TPSA) is 188 Å². The van der Waals surface area contributed by atoms with Gasteiger partial charge in [0, 0.05) is 4.91 Å². The van der Waals surface area contributed by atoms with Crippen molar-refractivity contribution in [3.05, 3.63) is 16.8 Å². The number of aromatic nitrogens is 4. The minimum Gasteiger partial charge on any atom is -0.394 e. The molecule has 0 aromatic carbocycles. The Morgan fingerprint density at radius 2 is 2.18 bits per heavy atom. The second-order valence-electron chi connectivity index (χ2n) is 4.63. The second-order valence-corrected chi connectivity index (χ2v) is 4.63. The number of hydrogen-bond donors (Lipinski definition) is 4. The number of nitrogen functional groups attached to an aromatic ring is 1. The number of aliphatic hydroxyl groups excluding tert-OH is 3. The van der Waals surface area contributed by atoms with Gasteiger partial charge in [-0.3, -0.25) is 4.57 Å². The van der Waals surface area contributed by atoms with E-state index < -0.39 is 31.1 Å². The first-order chi connectivity index (χ1) is 10.6. The monoisotopic (exact) mass is 308 g/mol. The molecule has 3 heterocycles. The molecule has 2 aromatic rings. The molecule has 0 bridgehead atoms. The Morgan fingerprint density at radius 1 is 1.41 bits per heavy atom. The Morgan fingerprint density at radius 3 is 2.82 bits per heavy atom. The number of nitrogens with two attached hydrogens (primary N) is 1. The minimum atomic E-state index is -1.38. The zero-order valence-corrected chi connectivity index (χ0v) is 11.1. The average molecular weight is 308 g/mol. The van der Waals surface area contributed by atoms with Crippen LogP contribution in [0.3, 0.4) is 0 Å². The minimum absolute atomic E-state index is 0.0601. The lowest BCUT2D eigenvalue weighted by atomic mass is 10.1. The molecule has 1 aliphatic rings. The van der Waals surface area contributed by atoms with E-state index >= 15 is 0 Å². The van der Waals surface area contributed by atoms with Crippen LogP contribution in [0.2, 0.25) is 0 Å². The molecule has 0 saturated carbocycles. The van der Waals surface area contributed by atoms with E-state index in [4.69, 9.17) is 21.1 Å². The molecule has 1 aliphatic heterocycles. The first kappa shape index (κ1) is 14.4. The molecule has 4 atom stereocenters. The molecular formula is C10H12N8O4. The quantitative estimate of drug-likeness (QED) is 0.314. The van der Waals surface area contributed by atoms with Crippen LogP contribution < -0.4 is 5.73 Å². The van der Waals surface area contributed by atoms with Gasteiger partial charge in [0.1, 0.15) is 24.6 Å². The number of hydrogen-bond acceptors (Lipinski definition) is 9. The summed E-state index contributed by atoms with van der Waals surface area (Å²) in [5, 5.41) is 32.5. The molecule has 12 nitrogen and oxygen atoms in total. The Hall–Kier alpha value is -2.50. The standard InChI is InChI=1S/C10H12N8O4/c11-7-4-8(14-2-13-7)18(10(15-4)16-17-12)9-6(21)5(20)3(1-19)22-9/h2-3,5-6,9,19-21H,1H2,(H2,11,13,14)/t3-,5?,6?,9-/m0/s1. The molecule has 22 heavy (non-hydrogen) atoms. The highest BCUT2D eigenvalue weighted by molar-refractivity contribution is 5.83. The summed E-state index contributed by atoms with van der Waals surface area (Å²) >= 11 is 0. The lowest BCUT2D eigenvalue weighted by Gasteiger charge is -2.17. The van der Waals surface area contributed by atoms with Gasteiger partial charge >= 0.3 is 0 Å². The number of nitrogens with zero attached hydrogens (tertiary/aromatic N) is 7. The van der Waals surface area contributed by atoms with E-state index in [0.717, 1.165) is 0 Å². The van der Waals surface area contributed by atoms with Crippen molar-refractivity contribution in [2.75, 3.05) is 12.3 Å². The zero-order chi connectivity index (χ0) is 15.9. The number of aliphatic hydroxyl groups is 3. The molecule has 1 saturated heterocycles. The zero-order valence-electron chi connectivity index (χ0n) is 11.1. The first-order valence-electron chi connectivity index (χ1n) is 6.24. The van der Waals surface area contributed by atoms with Crippen molar-refractivity contribution in [1.82, 2.24) is 19.5 Å². The molecule has 12 heteroatoms. The fourth-order valence-electron chi connectivity index (χ4n) is 2.35. The van der Waals surface area contributed by atoms with Crippen LogP contribution in [0.15, 0.2) is 11.4 Å². The summed E-state index contributed by atoms with van der Waals surface area (Å²) in [6.45, 7) is -0.491. The summed E-state index contributed by atoms with van der Waals surface area (Å²) in [7, 11) is 0. The maximum absolute atomic E-state index is 10.1. The first-order valence-corrected chi connectivity index (χ1v) is 6.24. The van der Waals surface area contributed by atoms with Crippen LogP contribution in [0.4, 0.5) is 11.8 Å². The van der Waals surface area contributed by atoms with E-state index in [2.05, 4.69) is 25.0 Å². The molecule has 0 spiro atoms. The van der Waals surface area contributed by atoms with Crippen LogP contribution in [-0.2, 0) is 4.74 Å². The van der Waals surface area contributed by atoms with Gasteiger partial charge in [0.15, 0.2) is 23.2 Å². The molecule has 1 fully saturated rings. The second kappa shape index (κ2) is 5.36. The van der Waals surface area contributed by atoms with Gasteiger partial charge in [-0.2, -0.15) is 0 Å². The van der Waals surface area contributed by atoms with Gasteiger partial charge in [-0.05, 0) is 10.6 Å². The number of anilines is 1. The third kappa shape index (κ3) is 2.03. The highest BCUT2D eigenvalue weighted by Gasteiger charge is 2.44. The molecule has 116 valence electrons. The molecule has 2 unspecified atom stereocenters. The highest BCUT2D eigenvalue weighted by Crippen LogP contribution is 2.35. The van der Waals surface area contributed by atoms with Gasteiger partial charge in [0.2, 0.25) is 5.95 Å². The molecule has 2 aromatic heterocycles. The summed E-state index contributed by atoms with van der Waals surface area (Å²) in [6, 6.07) is 0. The summed E-state index contributed by atoms with van der Waals surface area (Å²) in [4.78, 5) is 14.4. The molecule has 5 N–H and O–H groups in total. The maximum atomic E-state index is 10.1. The van der Waals surface area contributed by atoms with E-state index in [9.17, 15) is 10.2 Å². The third-order valence-corrected chi connectivity index (χ3v) is 3.39. The molecule has 0 amide bonds. The fourth-order valence-corrected chi connectivity index (χ4v) is 2.35. The van der Waals surface area contributed by atoms with Crippen molar-refractivity contribution in [2.24, 2.45) is 5.11 Å². The lowest BCUT2D eigenvalue weighted by Crippen LogP contribution is -2.33. The van der Waals surface area contributed by atoms with Crippen LogP contribution in [0.25, 0.3) is 21.6 Å². The van der Waals surface area contributed by atoms with Crippen molar-refractivity contribution in [1.29, 1.82) is 0 Å². The van der Waals surface area contributed by atoms with Gasteiger partial charge in [0.05, 0.1) is 6.61 Å². The summed E-state index contributed by atoms with van der Waals surface area (Å²) in [5.74, 6) is -0.0931. The van der Waals surface area contributed by atoms with Crippen LogP contribution >= 0.6 is 0 Å². The van der Waals surface area contributed by atoms with Crippen molar-refractivity contribution < 1.29 is 20.1 Å². The summed E-state index contributed by atoms with van der Waals surface area (Å²) in [5.41, 5.74) is 14.7. The van der Waals surface area contributed by atoms with Crippen LogP contribution in [0, 0.1) is 0 Å². The number of azide groups is 1. The molecule has 0 radical (unpaired) electrons. The van der Waals surface area contributed by atoms with E-state index in [1.165, 1.54) is 10.9 Å². The van der Waals surface area contributed by atoms with E-state index in [0.29, 0.717) is 0 Å². The SMILES string of the molecule is [N-]=[N+]=Nc1nc2c(N)ncnc2n1[C@H]1O[C@@H](CO)C(O)C1O. The van der Waals surface area contributed by atoms with Gasteiger partial charge < -0.3 is 25.8 Å². The van der Waals surface area contributed by atoms with E-state index in [-0.39, 0.29) is 22.9 Å². The summed E-state index contributed by atoms with van der Waals surface area (Å²) in [6.07, 6.45) is -3.65. The Kier molecular flexibility index (Phi) is 3.52. The number of ether oxygens (including phenoxy) is 1. The predicted octanol–water partition coefficient (Wildman–Crippen LogP) is -1.04. The highest BCUT2D eigenvalue weighted by atomic mass is 16.6. The Labute approximate surface area is 122 Å². The molecular weight excluding hydrogens is 296 g/mol. The maximum Gasteiger partial charge on any atom is 0.201 e. The average Bonchev–Trinajstić information content (AvgIpc) is 3.00. The normalized spacial score (nSPS) is 28.0. The molecule has 0 aliphatic carbocycles. The van der Waals surface area contributed by atoms with Gasteiger partial charge in [-0.25, -0.2) is 15.0 Å². The van der Waals surface area contributed by atoms with E-state index in [1.54, 1.807) is 0 Å². The number of imidazole rings is 1. The van der Waals surface area contributed by atoms with E-state index in [1.807, 2.05) is 0 Å². The van der Waals surface area contributed by atoms with Crippen molar-refractivity contribution >= 4 is 22.9 Å². The summed E-state index contributed by atoms with van der Waals surface area (Å²) < 4.78 is 6.61. The number of fused-ring (bicyclic) bond motifs is 1. The van der Waals surface area contributed by atoms with Crippen LogP contribution in [0.1, 0.15) is 6.23 Å². The Balaban J connectivity index is 2.19. The van der Waals surface area contributed by atoms with Crippen LogP contribution in [0.5, 0.6) is 0 Å². The molecule has 3 rings (SSSR count). The smallest absolute Gasteiger partial charge is 0.201 e. The van der Waals surface area contributed by atoms with Gasteiger partial charge in [-0.1, -0.05) is 0 Å². The number of rotatable bonds is 3. The largest absolute Gasteiger partial charge is 0.394 e. The van der Waals surface area contributed by atoms with Gasteiger partial charge in [0.25, 0.3) is 0 Å². The van der Waals surface area contributed by atoms with Crippen LogP contribution in [-0.4, -0.2) is 59.8 Å². The lowest BCUT2D eigenvalue weighted by molar-refractivity contribution is -0.0502. The third-order valence-electron chi connectivity index (χ3n) is 3.39. The Bertz CT molecular complexity index is 757. The van der Waals surface area contributed by atoms with Crippen molar-refractivity contribution in [3.63, 3.8) is 0 Å². The predicted molar refractivity (Wildman–Crippen MR) is 71.6 cm³/mol.